The van der Waals surface area contributed by atoms with Crippen molar-refractivity contribution in [3.05, 3.63) is 63.7 Å². The Kier molecular flexibility index (Phi) is 4.97. The Balaban J connectivity index is 2.30. The van der Waals surface area contributed by atoms with E-state index in [-0.39, 0.29) is 22.7 Å². The molecule has 23 heavy (non-hydrogen) atoms. The average molecular weight is 336 g/mol. The molecule has 2 aromatic rings. The lowest BCUT2D eigenvalue weighted by Gasteiger charge is -2.11. The number of nitrogens with zero attached hydrogens (tertiary/aromatic N) is 1. The van der Waals surface area contributed by atoms with Gasteiger partial charge in [0.25, 0.3) is 5.69 Å². The first kappa shape index (κ1) is 16.9. The molecule has 0 radical (unpaired) electrons. The van der Waals surface area contributed by atoms with E-state index in [0.717, 1.165) is 0 Å². The molecule has 0 saturated heterocycles. The molecular weight excluding hydrogens is 320 g/mol. The molecule has 0 aliphatic carbocycles. The summed E-state index contributed by atoms with van der Waals surface area (Å²) < 4.78 is 32.5. The highest BCUT2D eigenvalue weighted by atomic mass is 32.2. The second kappa shape index (κ2) is 6.76. The molecule has 0 heterocycles. The molecule has 8 heteroatoms. The van der Waals surface area contributed by atoms with Crippen LogP contribution in [0, 0.1) is 17.0 Å². The monoisotopic (exact) mass is 336 g/mol. The SMILES string of the molecule is COc1ccccc1CNS(=O)(=O)c1cccc([N+](=O)[O-])c1C. The van der Waals surface area contributed by atoms with Gasteiger partial charge in [-0.05, 0) is 19.1 Å². The summed E-state index contributed by atoms with van der Waals surface area (Å²) in [4.78, 5) is 10.2. The van der Waals surface area contributed by atoms with Crippen LogP contribution in [0.1, 0.15) is 11.1 Å². The van der Waals surface area contributed by atoms with Crippen LogP contribution in [0.2, 0.25) is 0 Å². The van der Waals surface area contributed by atoms with Gasteiger partial charge in [0.1, 0.15) is 5.75 Å². The highest BCUT2D eigenvalue weighted by molar-refractivity contribution is 7.89. The molecule has 0 atom stereocenters. The van der Waals surface area contributed by atoms with Gasteiger partial charge in [-0.3, -0.25) is 10.1 Å². The third-order valence-corrected chi connectivity index (χ3v) is 4.93. The summed E-state index contributed by atoms with van der Waals surface area (Å²) in [5, 5.41) is 10.9. The second-order valence-corrected chi connectivity index (χ2v) is 6.53. The van der Waals surface area contributed by atoms with Crippen molar-refractivity contribution in [1.82, 2.24) is 4.72 Å². The van der Waals surface area contributed by atoms with E-state index in [0.29, 0.717) is 11.3 Å². The van der Waals surface area contributed by atoms with Gasteiger partial charge in [0.05, 0.1) is 16.9 Å². The average Bonchev–Trinajstić information content (AvgIpc) is 2.53. The first-order valence-electron chi connectivity index (χ1n) is 6.72. The van der Waals surface area contributed by atoms with Gasteiger partial charge in [0.15, 0.2) is 0 Å². The summed E-state index contributed by atoms with van der Waals surface area (Å²) in [7, 11) is -2.38. The van der Waals surface area contributed by atoms with E-state index >= 15 is 0 Å². The fourth-order valence-corrected chi connectivity index (χ4v) is 3.46. The Morgan fingerprint density at radius 2 is 1.87 bits per heavy atom. The molecule has 0 unspecified atom stereocenters. The second-order valence-electron chi connectivity index (χ2n) is 4.79. The lowest BCUT2D eigenvalue weighted by molar-refractivity contribution is -0.385. The molecule has 122 valence electrons. The van der Waals surface area contributed by atoms with Crippen molar-refractivity contribution in [2.45, 2.75) is 18.4 Å². The molecule has 0 aromatic heterocycles. The lowest BCUT2D eigenvalue weighted by atomic mass is 10.2. The molecule has 0 spiro atoms. The van der Waals surface area contributed by atoms with Crippen molar-refractivity contribution < 1.29 is 18.1 Å². The summed E-state index contributed by atoms with van der Waals surface area (Å²) in [5.74, 6) is 0.561. The molecule has 0 amide bonds. The maximum atomic E-state index is 12.4. The van der Waals surface area contributed by atoms with Gasteiger partial charge in [-0.15, -0.1) is 0 Å². The molecular formula is C15H16N2O5S. The van der Waals surface area contributed by atoms with Crippen molar-refractivity contribution in [3.63, 3.8) is 0 Å². The largest absolute Gasteiger partial charge is 0.496 e. The van der Waals surface area contributed by atoms with Gasteiger partial charge in [-0.2, -0.15) is 0 Å². The highest BCUT2D eigenvalue weighted by Gasteiger charge is 2.22. The normalized spacial score (nSPS) is 11.2. The number of ether oxygens (including phenoxy) is 1. The van der Waals surface area contributed by atoms with Crippen LogP contribution in [-0.4, -0.2) is 20.5 Å². The van der Waals surface area contributed by atoms with E-state index in [9.17, 15) is 18.5 Å². The van der Waals surface area contributed by atoms with Crippen LogP contribution >= 0.6 is 0 Å². The van der Waals surface area contributed by atoms with Crippen LogP contribution in [-0.2, 0) is 16.6 Å². The summed E-state index contributed by atoms with van der Waals surface area (Å²) in [5.41, 5.74) is 0.539. The van der Waals surface area contributed by atoms with Crippen LogP contribution in [0.25, 0.3) is 0 Å². The topological polar surface area (TPSA) is 98.5 Å². The fourth-order valence-electron chi connectivity index (χ4n) is 2.19. The maximum Gasteiger partial charge on any atom is 0.273 e. The van der Waals surface area contributed by atoms with Crippen LogP contribution in [0.4, 0.5) is 5.69 Å². The Hall–Kier alpha value is -2.45. The number of nitro benzene ring substituents is 1. The van der Waals surface area contributed by atoms with Gasteiger partial charge in [0.2, 0.25) is 10.0 Å². The first-order chi connectivity index (χ1) is 10.9. The molecule has 0 saturated carbocycles. The Morgan fingerprint density at radius 3 is 2.52 bits per heavy atom. The van der Waals surface area contributed by atoms with Gasteiger partial charge in [-0.25, -0.2) is 13.1 Å². The van der Waals surface area contributed by atoms with E-state index in [4.69, 9.17) is 4.74 Å². The van der Waals surface area contributed by atoms with E-state index < -0.39 is 14.9 Å². The minimum Gasteiger partial charge on any atom is -0.496 e. The van der Waals surface area contributed by atoms with E-state index in [1.807, 2.05) is 0 Å². The zero-order valence-electron chi connectivity index (χ0n) is 12.6. The third kappa shape index (κ3) is 3.66. The molecule has 0 aliphatic rings. The number of methoxy groups -OCH3 is 1. The number of benzene rings is 2. The van der Waals surface area contributed by atoms with Gasteiger partial charge >= 0.3 is 0 Å². The fraction of sp³-hybridized carbons (Fsp3) is 0.200. The molecule has 2 aromatic carbocycles. The standard InChI is InChI=1S/C15H16N2O5S/c1-11-13(17(18)19)7-5-9-15(11)23(20,21)16-10-12-6-3-4-8-14(12)22-2/h3-9,16H,10H2,1-2H3. The van der Waals surface area contributed by atoms with Crippen LogP contribution in [0.15, 0.2) is 47.4 Å². The minimum atomic E-state index is -3.88. The van der Waals surface area contributed by atoms with Crippen molar-refractivity contribution >= 4 is 15.7 Å². The Morgan fingerprint density at radius 1 is 1.17 bits per heavy atom. The number of rotatable bonds is 6. The van der Waals surface area contributed by atoms with Crippen molar-refractivity contribution in [2.24, 2.45) is 0 Å². The Bertz CT molecular complexity index is 834. The first-order valence-corrected chi connectivity index (χ1v) is 8.20. The number of hydrogen-bond donors (Lipinski definition) is 1. The summed E-state index contributed by atoms with van der Waals surface area (Å²) in [6.45, 7) is 1.43. The van der Waals surface area contributed by atoms with Crippen molar-refractivity contribution in [3.8, 4) is 5.75 Å². The van der Waals surface area contributed by atoms with E-state index in [1.54, 1.807) is 24.3 Å². The quantitative estimate of drug-likeness (QED) is 0.645. The Labute approximate surface area is 134 Å². The predicted molar refractivity (Wildman–Crippen MR) is 84.9 cm³/mol. The van der Waals surface area contributed by atoms with Gasteiger partial charge in [0, 0.05) is 23.7 Å². The van der Waals surface area contributed by atoms with E-state index in [1.165, 1.54) is 32.2 Å². The number of hydrogen-bond acceptors (Lipinski definition) is 5. The molecule has 0 aliphatic heterocycles. The molecule has 7 nitrogen and oxygen atoms in total. The molecule has 1 N–H and O–H groups in total. The number of sulfonamides is 1. The van der Waals surface area contributed by atoms with Crippen molar-refractivity contribution in [2.75, 3.05) is 7.11 Å². The summed E-state index contributed by atoms with van der Waals surface area (Å²) in [6.07, 6.45) is 0. The third-order valence-electron chi connectivity index (χ3n) is 3.39. The lowest BCUT2D eigenvalue weighted by Crippen LogP contribution is -2.24. The number of nitro groups is 1. The van der Waals surface area contributed by atoms with Crippen molar-refractivity contribution in [1.29, 1.82) is 0 Å². The van der Waals surface area contributed by atoms with Crippen LogP contribution in [0.3, 0.4) is 0 Å². The summed E-state index contributed by atoms with van der Waals surface area (Å²) >= 11 is 0. The zero-order chi connectivity index (χ0) is 17.0. The predicted octanol–water partition coefficient (Wildman–Crippen LogP) is 2.39. The zero-order valence-corrected chi connectivity index (χ0v) is 13.5. The highest BCUT2D eigenvalue weighted by Crippen LogP contribution is 2.25. The number of nitrogens with one attached hydrogen (secondary N) is 1. The maximum absolute atomic E-state index is 12.4. The molecule has 2 rings (SSSR count). The smallest absolute Gasteiger partial charge is 0.273 e. The van der Waals surface area contributed by atoms with E-state index in [2.05, 4.69) is 4.72 Å². The van der Waals surface area contributed by atoms with Crippen LogP contribution < -0.4 is 9.46 Å². The minimum absolute atomic E-state index is 0.0223. The molecule has 0 bridgehead atoms. The van der Waals surface area contributed by atoms with Gasteiger partial charge in [-0.1, -0.05) is 24.3 Å². The molecule has 0 fully saturated rings. The van der Waals surface area contributed by atoms with Gasteiger partial charge < -0.3 is 4.74 Å². The van der Waals surface area contributed by atoms with Crippen LogP contribution in [0.5, 0.6) is 5.75 Å². The number of para-hydroxylation sites is 1. The summed E-state index contributed by atoms with van der Waals surface area (Å²) in [6, 6.07) is 11.0.